The maximum Gasteiger partial charge on any atom is 0.223 e. The van der Waals surface area contributed by atoms with E-state index >= 15 is 0 Å². The number of hydrogen-bond donors (Lipinski definition) is 3. The number of aromatic nitrogens is 2. The average molecular weight is 377 g/mol. The van der Waals surface area contributed by atoms with Gasteiger partial charge >= 0.3 is 0 Å². The van der Waals surface area contributed by atoms with Gasteiger partial charge in [-0.3, -0.25) is 9.89 Å². The molecule has 3 atom stereocenters. The van der Waals surface area contributed by atoms with E-state index in [1.54, 1.807) is 0 Å². The number of aromatic amines is 1. The van der Waals surface area contributed by atoms with Crippen LogP contribution in [0.3, 0.4) is 0 Å². The first kappa shape index (κ1) is 20.3. The van der Waals surface area contributed by atoms with Crippen LogP contribution in [0.1, 0.15) is 75.2 Å². The summed E-state index contributed by atoms with van der Waals surface area (Å²) in [5, 5.41) is 14.2. The lowest BCUT2D eigenvalue weighted by atomic mass is 9.82. The van der Waals surface area contributed by atoms with Gasteiger partial charge in [-0.05, 0) is 52.4 Å². The Kier molecular flexibility index (Phi) is 7.30. The standard InChI is InChI=1S/C21H36N4O2/c1-4-11-27-20-10-9-16(12-19(20)23-17-7-5-6-8-17)21(26)22-13-18-14(2)24-25-15(18)3/h16-17,19-20,23H,4-13H2,1-3H3,(H,22,26)(H,24,25)/t16-,19+,20+/m0/s1. The van der Waals surface area contributed by atoms with E-state index in [4.69, 9.17) is 4.74 Å². The molecule has 152 valence electrons. The molecule has 0 aromatic carbocycles. The molecule has 1 amide bonds. The van der Waals surface area contributed by atoms with Crippen molar-refractivity contribution in [1.29, 1.82) is 0 Å². The summed E-state index contributed by atoms with van der Waals surface area (Å²) in [4.78, 5) is 12.8. The first-order valence-electron chi connectivity index (χ1n) is 10.7. The second kappa shape index (κ2) is 9.69. The SMILES string of the molecule is CCCO[C@@H]1CC[C@H](C(=O)NCc2c(C)n[nH]c2C)C[C@H]1NC1CCCC1. The summed E-state index contributed by atoms with van der Waals surface area (Å²) in [7, 11) is 0. The molecule has 3 rings (SSSR count). The van der Waals surface area contributed by atoms with Gasteiger partial charge in [-0.25, -0.2) is 0 Å². The summed E-state index contributed by atoms with van der Waals surface area (Å²) < 4.78 is 6.13. The Hall–Kier alpha value is -1.40. The molecule has 2 aliphatic carbocycles. The number of nitrogens with zero attached hydrogens (tertiary/aromatic N) is 1. The van der Waals surface area contributed by atoms with Gasteiger partial charge in [-0.15, -0.1) is 0 Å². The number of rotatable bonds is 8. The first-order valence-corrected chi connectivity index (χ1v) is 10.7. The van der Waals surface area contributed by atoms with Crippen molar-refractivity contribution >= 4 is 5.91 Å². The van der Waals surface area contributed by atoms with E-state index in [1.807, 2.05) is 13.8 Å². The van der Waals surface area contributed by atoms with Gasteiger partial charge in [0.2, 0.25) is 5.91 Å². The Balaban J connectivity index is 1.56. The molecule has 0 spiro atoms. The van der Waals surface area contributed by atoms with Crippen LogP contribution in [0.25, 0.3) is 0 Å². The quantitative estimate of drug-likeness (QED) is 0.651. The number of hydrogen-bond acceptors (Lipinski definition) is 4. The highest BCUT2D eigenvalue weighted by molar-refractivity contribution is 5.78. The summed E-state index contributed by atoms with van der Waals surface area (Å²) in [6.45, 7) is 7.49. The number of nitrogens with one attached hydrogen (secondary N) is 3. The minimum Gasteiger partial charge on any atom is -0.377 e. The number of carbonyl (C=O) groups is 1. The van der Waals surface area contributed by atoms with Crippen LogP contribution in [0.5, 0.6) is 0 Å². The van der Waals surface area contributed by atoms with E-state index in [0.717, 1.165) is 49.2 Å². The highest BCUT2D eigenvalue weighted by Gasteiger charge is 2.35. The van der Waals surface area contributed by atoms with Gasteiger partial charge in [0.15, 0.2) is 0 Å². The molecule has 1 aromatic heterocycles. The van der Waals surface area contributed by atoms with Gasteiger partial charge in [0.05, 0.1) is 11.8 Å². The number of H-pyrrole nitrogens is 1. The molecule has 27 heavy (non-hydrogen) atoms. The molecule has 2 aliphatic rings. The van der Waals surface area contributed by atoms with E-state index in [-0.39, 0.29) is 17.9 Å². The van der Waals surface area contributed by atoms with Gasteiger partial charge in [-0.2, -0.15) is 5.10 Å². The molecule has 6 nitrogen and oxygen atoms in total. The second-order valence-electron chi connectivity index (χ2n) is 8.30. The highest BCUT2D eigenvalue weighted by atomic mass is 16.5. The van der Waals surface area contributed by atoms with Crippen molar-refractivity contribution in [2.24, 2.45) is 5.92 Å². The van der Waals surface area contributed by atoms with Crippen LogP contribution in [-0.4, -0.2) is 40.9 Å². The third-order valence-electron chi connectivity index (χ3n) is 6.22. The fourth-order valence-corrected chi connectivity index (χ4v) is 4.57. The van der Waals surface area contributed by atoms with Crippen molar-refractivity contribution in [3.05, 3.63) is 17.0 Å². The van der Waals surface area contributed by atoms with Crippen molar-refractivity contribution < 1.29 is 9.53 Å². The van der Waals surface area contributed by atoms with Crippen molar-refractivity contribution in [2.45, 2.75) is 96.9 Å². The zero-order valence-electron chi connectivity index (χ0n) is 17.1. The predicted molar refractivity (Wildman–Crippen MR) is 106 cm³/mol. The molecule has 6 heteroatoms. The summed E-state index contributed by atoms with van der Waals surface area (Å²) in [5.74, 6) is 0.236. The van der Waals surface area contributed by atoms with Crippen LogP contribution in [0.4, 0.5) is 0 Å². The molecule has 1 aromatic rings. The van der Waals surface area contributed by atoms with Crippen LogP contribution in [0, 0.1) is 19.8 Å². The molecule has 0 unspecified atom stereocenters. The summed E-state index contributed by atoms with van der Waals surface area (Å²) in [6, 6.07) is 0.891. The number of amides is 1. The lowest BCUT2D eigenvalue weighted by molar-refractivity contribution is -0.128. The van der Waals surface area contributed by atoms with Crippen LogP contribution in [-0.2, 0) is 16.1 Å². The number of carbonyl (C=O) groups excluding carboxylic acids is 1. The maximum absolute atomic E-state index is 12.8. The van der Waals surface area contributed by atoms with E-state index < -0.39 is 0 Å². The van der Waals surface area contributed by atoms with Gasteiger partial charge in [0.25, 0.3) is 0 Å². The van der Waals surface area contributed by atoms with E-state index in [1.165, 1.54) is 25.7 Å². The van der Waals surface area contributed by atoms with Gasteiger partial charge in [0.1, 0.15) is 0 Å². The normalized spacial score (nSPS) is 26.4. The Bertz CT molecular complexity index is 590. The molecule has 0 aliphatic heterocycles. The van der Waals surface area contributed by atoms with Crippen LogP contribution in [0.15, 0.2) is 0 Å². The van der Waals surface area contributed by atoms with Gasteiger partial charge < -0.3 is 15.4 Å². The monoisotopic (exact) mass is 376 g/mol. The molecule has 0 radical (unpaired) electrons. The minimum absolute atomic E-state index is 0.0675. The first-order chi connectivity index (χ1) is 13.1. The Morgan fingerprint density at radius 1 is 1.22 bits per heavy atom. The third-order valence-corrected chi connectivity index (χ3v) is 6.22. The summed E-state index contributed by atoms with van der Waals surface area (Å²) in [5.41, 5.74) is 3.10. The summed E-state index contributed by atoms with van der Waals surface area (Å²) >= 11 is 0. The maximum atomic E-state index is 12.8. The van der Waals surface area contributed by atoms with E-state index in [2.05, 4.69) is 27.8 Å². The molecule has 3 N–H and O–H groups in total. The van der Waals surface area contributed by atoms with E-state index in [9.17, 15) is 4.79 Å². The molecular formula is C21H36N4O2. The Morgan fingerprint density at radius 2 is 2.00 bits per heavy atom. The van der Waals surface area contributed by atoms with Crippen LogP contribution < -0.4 is 10.6 Å². The molecule has 2 saturated carbocycles. The lowest BCUT2D eigenvalue weighted by Gasteiger charge is -2.37. The van der Waals surface area contributed by atoms with E-state index in [0.29, 0.717) is 18.6 Å². The van der Waals surface area contributed by atoms with Gasteiger partial charge in [0, 0.05) is 42.4 Å². The fourth-order valence-electron chi connectivity index (χ4n) is 4.57. The summed E-state index contributed by atoms with van der Waals surface area (Å²) in [6.07, 6.45) is 9.18. The molecule has 1 heterocycles. The zero-order chi connectivity index (χ0) is 19.2. The third kappa shape index (κ3) is 5.32. The predicted octanol–water partition coefficient (Wildman–Crippen LogP) is 3.14. The van der Waals surface area contributed by atoms with Crippen molar-refractivity contribution in [3.8, 4) is 0 Å². The van der Waals surface area contributed by atoms with Crippen molar-refractivity contribution in [1.82, 2.24) is 20.8 Å². The smallest absolute Gasteiger partial charge is 0.223 e. The number of aryl methyl sites for hydroxylation is 2. The minimum atomic E-state index is 0.0675. The fraction of sp³-hybridized carbons (Fsp3) is 0.810. The molecular weight excluding hydrogens is 340 g/mol. The Morgan fingerprint density at radius 3 is 2.67 bits per heavy atom. The second-order valence-corrected chi connectivity index (χ2v) is 8.30. The van der Waals surface area contributed by atoms with Crippen LogP contribution in [0.2, 0.25) is 0 Å². The average Bonchev–Trinajstić information content (AvgIpc) is 3.29. The van der Waals surface area contributed by atoms with Gasteiger partial charge in [-0.1, -0.05) is 19.8 Å². The lowest BCUT2D eigenvalue weighted by Crippen LogP contribution is -2.51. The molecule has 0 bridgehead atoms. The van der Waals surface area contributed by atoms with Crippen molar-refractivity contribution in [3.63, 3.8) is 0 Å². The highest BCUT2D eigenvalue weighted by Crippen LogP contribution is 2.29. The zero-order valence-corrected chi connectivity index (χ0v) is 17.1. The Labute approximate surface area is 163 Å². The van der Waals surface area contributed by atoms with Crippen molar-refractivity contribution in [2.75, 3.05) is 6.61 Å². The molecule has 2 fully saturated rings. The molecule has 0 saturated heterocycles. The number of ether oxygens (including phenoxy) is 1. The topological polar surface area (TPSA) is 79.0 Å². The van der Waals surface area contributed by atoms with Crippen LogP contribution >= 0.6 is 0 Å². The largest absolute Gasteiger partial charge is 0.377 e.